The summed E-state index contributed by atoms with van der Waals surface area (Å²) < 4.78 is 5.08. The first kappa shape index (κ1) is 15.4. The van der Waals surface area contributed by atoms with E-state index in [1.807, 2.05) is 0 Å². The van der Waals surface area contributed by atoms with Crippen LogP contribution in [0.25, 0.3) is 0 Å². The van der Waals surface area contributed by atoms with Crippen molar-refractivity contribution in [3.05, 3.63) is 30.1 Å². The van der Waals surface area contributed by atoms with Crippen molar-refractivity contribution in [2.75, 3.05) is 6.61 Å². The molecular formula is C13H20N2O4. The van der Waals surface area contributed by atoms with Gasteiger partial charge in [-0.1, -0.05) is 6.07 Å². The van der Waals surface area contributed by atoms with Gasteiger partial charge in [-0.3, -0.25) is 10.2 Å². The molecule has 0 saturated heterocycles. The molecule has 1 amide bonds. The predicted molar refractivity (Wildman–Crippen MR) is 68.5 cm³/mol. The zero-order valence-corrected chi connectivity index (χ0v) is 11.4. The quantitative estimate of drug-likeness (QED) is 0.645. The molecule has 0 radical (unpaired) electrons. The maximum atomic E-state index is 11.8. The highest BCUT2D eigenvalue weighted by atomic mass is 16.6. The molecule has 0 saturated carbocycles. The molecule has 6 heteroatoms. The number of hydrogen-bond donors (Lipinski definition) is 2. The lowest BCUT2D eigenvalue weighted by Gasteiger charge is -2.28. The number of amides is 1. The lowest BCUT2D eigenvalue weighted by molar-refractivity contribution is -0.125. The molecular weight excluding hydrogens is 248 g/mol. The molecule has 0 spiro atoms. The first-order valence-electron chi connectivity index (χ1n) is 6.07. The molecule has 0 aliphatic heterocycles. The Hall–Kier alpha value is -1.66. The van der Waals surface area contributed by atoms with Crippen LogP contribution in [-0.4, -0.2) is 38.7 Å². The number of carbonyl (C=O) groups is 1. The van der Waals surface area contributed by atoms with Crippen molar-refractivity contribution in [2.45, 2.75) is 38.8 Å². The smallest absolute Gasteiger partial charge is 0.434 e. The largest absolute Gasteiger partial charge is 0.442 e. The predicted octanol–water partition coefficient (Wildman–Crippen LogP) is 2.13. The fraction of sp³-hybridized carbons (Fsp3) is 0.538. The second-order valence-electron chi connectivity index (χ2n) is 5.14. The molecule has 0 bridgehead atoms. The first-order valence-corrected chi connectivity index (χ1v) is 6.07. The van der Waals surface area contributed by atoms with Crippen molar-refractivity contribution in [3.63, 3.8) is 0 Å². The van der Waals surface area contributed by atoms with E-state index in [0.29, 0.717) is 10.6 Å². The van der Waals surface area contributed by atoms with Crippen LogP contribution in [0, 0.1) is 0 Å². The van der Waals surface area contributed by atoms with Crippen LogP contribution in [-0.2, 0) is 4.74 Å². The summed E-state index contributed by atoms with van der Waals surface area (Å²) in [7, 11) is 0. The number of ether oxygens (including phenoxy) is 1. The molecule has 0 aliphatic rings. The van der Waals surface area contributed by atoms with Crippen LogP contribution >= 0.6 is 0 Å². The maximum absolute atomic E-state index is 11.8. The Morgan fingerprint density at radius 3 is 2.68 bits per heavy atom. The number of hydroxylamine groups is 2. The van der Waals surface area contributed by atoms with Crippen LogP contribution in [0.3, 0.4) is 0 Å². The molecule has 1 aromatic heterocycles. The van der Waals surface area contributed by atoms with E-state index in [0.717, 1.165) is 0 Å². The van der Waals surface area contributed by atoms with E-state index in [1.165, 1.54) is 6.20 Å². The van der Waals surface area contributed by atoms with Crippen molar-refractivity contribution >= 4 is 6.09 Å². The van der Waals surface area contributed by atoms with Gasteiger partial charge in [0.05, 0.1) is 6.04 Å². The third-order valence-corrected chi connectivity index (χ3v) is 2.35. The van der Waals surface area contributed by atoms with Crippen LogP contribution in [0.5, 0.6) is 0 Å². The second kappa shape index (κ2) is 6.49. The Kier molecular flexibility index (Phi) is 5.26. The zero-order chi connectivity index (χ0) is 14.5. The van der Waals surface area contributed by atoms with Gasteiger partial charge in [0.1, 0.15) is 5.60 Å². The lowest BCUT2D eigenvalue weighted by atomic mass is 10.1. The van der Waals surface area contributed by atoms with E-state index < -0.39 is 17.7 Å². The standard InChI is InChI=1S/C13H20N2O4/c1-13(2,3)19-12(17)15(18)11(6-8-16)10-5-4-7-14-9-10/h4-5,7,9,11,16,18H,6,8H2,1-3H3. The van der Waals surface area contributed by atoms with E-state index in [2.05, 4.69) is 4.98 Å². The molecule has 1 rings (SSSR count). The molecule has 0 aromatic carbocycles. The Morgan fingerprint density at radius 1 is 1.53 bits per heavy atom. The maximum Gasteiger partial charge on any atom is 0.434 e. The number of nitrogens with zero attached hydrogens (tertiary/aromatic N) is 2. The SMILES string of the molecule is CC(C)(C)OC(=O)N(O)C(CCO)c1cccnc1. The van der Waals surface area contributed by atoms with Crippen LogP contribution in [0.2, 0.25) is 0 Å². The average Bonchev–Trinajstić information content (AvgIpc) is 2.34. The van der Waals surface area contributed by atoms with E-state index in [4.69, 9.17) is 9.84 Å². The summed E-state index contributed by atoms with van der Waals surface area (Å²) in [6.07, 6.45) is 2.47. The molecule has 106 valence electrons. The third kappa shape index (κ3) is 4.84. The number of pyridine rings is 1. The molecule has 6 nitrogen and oxygen atoms in total. The van der Waals surface area contributed by atoms with Gasteiger partial charge in [0.15, 0.2) is 0 Å². The fourth-order valence-electron chi connectivity index (χ4n) is 1.56. The average molecular weight is 268 g/mol. The van der Waals surface area contributed by atoms with E-state index in [-0.39, 0.29) is 13.0 Å². The van der Waals surface area contributed by atoms with Crippen molar-refractivity contribution in [3.8, 4) is 0 Å². The van der Waals surface area contributed by atoms with Crippen LogP contribution < -0.4 is 0 Å². The summed E-state index contributed by atoms with van der Waals surface area (Å²) in [5.74, 6) is 0. The minimum atomic E-state index is -0.852. The number of rotatable bonds is 4. The normalized spacial score (nSPS) is 12.9. The summed E-state index contributed by atoms with van der Waals surface area (Å²) in [6, 6.07) is 2.73. The molecule has 19 heavy (non-hydrogen) atoms. The molecule has 2 N–H and O–H groups in total. The summed E-state index contributed by atoms with van der Waals surface area (Å²) in [4.78, 5) is 15.7. The first-order chi connectivity index (χ1) is 8.85. The number of aliphatic hydroxyl groups excluding tert-OH is 1. The Morgan fingerprint density at radius 2 is 2.21 bits per heavy atom. The summed E-state index contributed by atoms with van der Waals surface area (Å²) in [5.41, 5.74) is -0.0681. The van der Waals surface area contributed by atoms with Crippen LogP contribution in [0.4, 0.5) is 4.79 Å². The molecule has 0 fully saturated rings. The van der Waals surface area contributed by atoms with Gasteiger partial charge in [-0.25, -0.2) is 4.79 Å². The topological polar surface area (TPSA) is 82.9 Å². The Balaban J connectivity index is 2.85. The highest BCUT2D eigenvalue weighted by Crippen LogP contribution is 2.23. The monoisotopic (exact) mass is 268 g/mol. The van der Waals surface area contributed by atoms with E-state index in [9.17, 15) is 10.0 Å². The van der Waals surface area contributed by atoms with Crippen molar-refractivity contribution < 1.29 is 19.8 Å². The zero-order valence-electron chi connectivity index (χ0n) is 11.4. The molecule has 1 aromatic rings. The third-order valence-electron chi connectivity index (χ3n) is 2.35. The lowest BCUT2D eigenvalue weighted by Crippen LogP contribution is -2.37. The number of aliphatic hydroxyl groups is 1. The highest BCUT2D eigenvalue weighted by Gasteiger charge is 2.28. The Labute approximate surface area is 112 Å². The van der Waals surface area contributed by atoms with E-state index >= 15 is 0 Å². The molecule has 0 aliphatic carbocycles. The highest BCUT2D eigenvalue weighted by molar-refractivity contribution is 5.67. The summed E-state index contributed by atoms with van der Waals surface area (Å²) in [6.45, 7) is 4.97. The second-order valence-corrected chi connectivity index (χ2v) is 5.14. The van der Waals surface area contributed by atoms with Crippen LogP contribution in [0.15, 0.2) is 24.5 Å². The van der Waals surface area contributed by atoms with Gasteiger partial charge in [0.25, 0.3) is 0 Å². The van der Waals surface area contributed by atoms with Gasteiger partial charge < -0.3 is 9.84 Å². The van der Waals surface area contributed by atoms with Gasteiger partial charge >= 0.3 is 6.09 Å². The minimum absolute atomic E-state index is 0.167. The van der Waals surface area contributed by atoms with Gasteiger partial charge in [-0.15, -0.1) is 0 Å². The van der Waals surface area contributed by atoms with Gasteiger partial charge in [-0.2, -0.15) is 5.06 Å². The number of hydrogen-bond acceptors (Lipinski definition) is 5. The van der Waals surface area contributed by atoms with Crippen molar-refractivity contribution in [1.82, 2.24) is 10.0 Å². The Bertz CT molecular complexity index is 403. The molecule has 1 unspecified atom stereocenters. The van der Waals surface area contributed by atoms with Crippen LogP contribution in [0.1, 0.15) is 38.8 Å². The summed E-state index contributed by atoms with van der Waals surface area (Å²) in [5, 5.41) is 19.5. The van der Waals surface area contributed by atoms with Gasteiger partial charge in [0, 0.05) is 19.0 Å². The van der Waals surface area contributed by atoms with Gasteiger partial charge in [-0.05, 0) is 38.8 Å². The van der Waals surface area contributed by atoms with Crippen molar-refractivity contribution in [1.29, 1.82) is 0 Å². The molecule has 1 heterocycles. The van der Waals surface area contributed by atoms with Gasteiger partial charge in [0.2, 0.25) is 0 Å². The van der Waals surface area contributed by atoms with Crippen molar-refractivity contribution in [2.24, 2.45) is 0 Å². The fourth-order valence-corrected chi connectivity index (χ4v) is 1.56. The minimum Gasteiger partial charge on any atom is -0.442 e. The van der Waals surface area contributed by atoms with E-state index in [1.54, 1.807) is 39.1 Å². The number of aromatic nitrogens is 1. The molecule has 1 atom stereocenters. The summed E-state index contributed by atoms with van der Waals surface area (Å²) >= 11 is 0. The number of carbonyl (C=O) groups excluding carboxylic acids is 1.